The van der Waals surface area contributed by atoms with Crippen LogP contribution in [0.15, 0.2) is 156 Å². The van der Waals surface area contributed by atoms with Crippen molar-refractivity contribution in [1.82, 2.24) is 19.5 Å². The lowest BCUT2D eigenvalue weighted by molar-refractivity contribution is 1.05. The maximum Gasteiger partial charge on any atom is 0.162 e. The Morgan fingerprint density at radius 2 is 1.09 bits per heavy atom. The van der Waals surface area contributed by atoms with Crippen molar-refractivity contribution in [1.29, 1.82) is 0 Å². The first-order chi connectivity index (χ1) is 21.7. The van der Waals surface area contributed by atoms with Crippen molar-refractivity contribution in [2.45, 2.75) is 0 Å². The first-order valence-electron chi connectivity index (χ1n) is 14.5. The van der Waals surface area contributed by atoms with E-state index in [1.54, 1.807) is 6.20 Å². The molecule has 44 heavy (non-hydrogen) atoms. The summed E-state index contributed by atoms with van der Waals surface area (Å²) in [7, 11) is 0. The lowest BCUT2D eigenvalue weighted by atomic mass is 9.99. The van der Waals surface area contributed by atoms with Gasteiger partial charge < -0.3 is 0 Å². The molecule has 3 heterocycles. The number of halogens is 1. The van der Waals surface area contributed by atoms with Gasteiger partial charge in [0, 0.05) is 44.8 Å². The molecule has 0 aliphatic carbocycles. The molecule has 0 saturated heterocycles. The molecule has 8 rings (SSSR count). The Bertz CT molecular complexity index is 2220. The van der Waals surface area contributed by atoms with Crippen molar-refractivity contribution < 1.29 is 0 Å². The molecule has 0 fully saturated rings. The molecular weight excluding hydrogens is 604 g/mol. The second-order valence-electron chi connectivity index (χ2n) is 10.7. The molecule has 0 atom stereocenters. The predicted molar refractivity (Wildman–Crippen MR) is 184 cm³/mol. The summed E-state index contributed by atoms with van der Waals surface area (Å²) in [6.45, 7) is 0. The van der Waals surface area contributed by atoms with Gasteiger partial charge in [0.15, 0.2) is 5.82 Å². The Balaban J connectivity index is 1.30. The summed E-state index contributed by atoms with van der Waals surface area (Å²) < 4.78 is 3.23. The van der Waals surface area contributed by atoms with Crippen molar-refractivity contribution >= 4 is 37.7 Å². The second-order valence-corrected chi connectivity index (χ2v) is 11.6. The number of para-hydroxylation sites is 2. The first-order valence-corrected chi connectivity index (χ1v) is 15.3. The minimum Gasteiger partial charge on any atom is -0.294 e. The zero-order chi connectivity index (χ0) is 29.5. The van der Waals surface area contributed by atoms with Crippen LogP contribution in [0.5, 0.6) is 0 Å². The zero-order valence-electron chi connectivity index (χ0n) is 23.6. The number of nitrogens with zero attached hydrogens (tertiary/aromatic N) is 4. The van der Waals surface area contributed by atoms with Crippen LogP contribution in [0.1, 0.15) is 0 Å². The molecule has 0 aliphatic rings. The fourth-order valence-corrected chi connectivity index (χ4v) is 6.37. The highest BCUT2D eigenvalue weighted by molar-refractivity contribution is 9.10. The highest BCUT2D eigenvalue weighted by Crippen LogP contribution is 2.35. The number of fused-ring (bicyclic) bond motifs is 3. The van der Waals surface area contributed by atoms with Gasteiger partial charge in [-0.05, 0) is 58.7 Å². The number of hydrogen-bond donors (Lipinski definition) is 0. The molecule has 0 unspecified atom stereocenters. The largest absolute Gasteiger partial charge is 0.294 e. The smallest absolute Gasteiger partial charge is 0.162 e. The molecule has 0 radical (unpaired) electrons. The fraction of sp³-hybridized carbons (Fsp3) is 0. The minimum atomic E-state index is 0.683. The normalized spacial score (nSPS) is 11.3. The fourth-order valence-electron chi connectivity index (χ4n) is 5.88. The van der Waals surface area contributed by atoms with Crippen LogP contribution in [0.4, 0.5) is 0 Å². The van der Waals surface area contributed by atoms with Gasteiger partial charge >= 0.3 is 0 Å². The Hall–Kier alpha value is -5.39. The van der Waals surface area contributed by atoms with Crippen LogP contribution in [-0.2, 0) is 0 Å². The van der Waals surface area contributed by atoms with Gasteiger partial charge in [0.25, 0.3) is 0 Å². The molecule has 5 aromatic carbocycles. The molecule has 0 aliphatic heterocycles. The van der Waals surface area contributed by atoms with Crippen LogP contribution >= 0.6 is 15.9 Å². The molecular formula is C39H25BrN4. The highest BCUT2D eigenvalue weighted by atomic mass is 79.9. The molecule has 4 nitrogen and oxygen atoms in total. The van der Waals surface area contributed by atoms with Gasteiger partial charge in [-0.25, -0.2) is 9.97 Å². The maximum atomic E-state index is 5.15. The van der Waals surface area contributed by atoms with Gasteiger partial charge in [-0.1, -0.05) is 113 Å². The summed E-state index contributed by atoms with van der Waals surface area (Å²) in [6, 6.07) is 48.4. The molecule has 0 amide bonds. The Morgan fingerprint density at radius 3 is 1.77 bits per heavy atom. The van der Waals surface area contributed by atoms with Crippen molar-refractivity contribution in [3.05, 3.63) is 156 Å². The van der Waals surface area contributed by atoms with Crippen LogP contribution in [0, 0.1) is 0 Å². The number of pyridine rings is 1. The van der Waals surface area contributed by atoms with Crippen LogP contribution in [0.25, 0.3) is 72.5 Å². The quantitative estimate of drug-likeness (QED) is 0.190. The van der Waals surface area contributed by atoms with E-state index in [0.29, 0.717) is 5.82 Å². The van der Waals surface area contributed by atoms with E-state index < -0.39 is 0 Å². The van der Waals surface area contributed by atoms with Gasteiger partial charge in [0.05, 0.1) is 16.7 Å². The molecule has 8 aromatic rings. The van der Waals surface area contributed by atoms with Gasteiger partial charge in [0.1, 0.15) is 5.82 Å². The van der Waals surface area contributed by atoms with E-state index in [9.17, 15) is 0 Å². The Kier molecular flexibility index (Phi) is 6.58. The van der Waals surface area contributed by atoms with E-state index in [4.69, 9.17) is 9.97 Å². The second kappa shape index (κ2) is 11.0. The first kappa shape index (κ1) is 26.3. The van der Waals surface area contributed by atoms with E-state index in [1.165, 1.54) is 10.8 Å². The lowest BCUT2D eigenvalue weighted by Crippen LogP contribution is -2.02. The van der Waals surface area contributed by atoms with Crippen LogP contribution < -0.4 is 0 Å². The molecule has 0 spiro atoms. The maximum absolute atomic E-state index is 5.15. The SMILES string of the molecule is Brc1cc(-c2ccc(-c3cccnc3)cc2)cc(-c2cc(-n3c4ccccc4c4ccccc43)nc(-c3ccccc3)n2)c1. The van der Waals surface area contributed by atoms with E-state index in [1.807, 2.05) is 30.5 Å². The lowest BCUT2D eigenvalue weighted by Gasteiger charge is -2.13. The minimum absolute atomic E-state index is 0.683. The molecule has 208 valence electrons. The third-order valence-electron chi connectivity index (χ3n) is 7.96. The van der Waals surface area contributed by atoms with Crippen LogP contribution in [0.3, 0.4) is 0 Å². The third-order valence-corrected chi connectivity index (χ3v) is 8.42. The summed E-state index contributed by atoms with van der Waals surface area (Å²) in [5.41, 5.74) is 9.51. The molecule has 0 bridgehead atoms. The number of rotatable bonds is 5. The molecule has 0 saturated carbocycles. The van der Waals surface area contributed by atoms with Crippen LogP contribution in [0.2, 0.25) is 0 Å². The van der Waals surface area contributed by atoms with E-state index in [-0.39, 0.29) is 0 Å². The summed E-state index contributed by atoms with van der Waals surface area (Å²) in [5, 5.41) is 2.40. The van der Waals surface area contributed by atoms with Gasteiger partial charge in [-0.2, -0.15) is 0 Å². The van der Waals surface area contributed by atoms with Crippen molar-refractivity contribution in [2.75, 3.05) is 0 Å². The average molecular weight is 630 g/mol. The zero-order valence-corrected chi connectivity index (χ0v) is 25.2. The topological polar surface area (TPSA) is 43.6 Å². The summed E-state index contributed by atoms with van der Waals surface area (Å²) in [5.74, 6) is 1.51. The standard InChI is InChI=1S/C39H25BrN4/c40-32-22-30(27-18-16-26(17-19-27)29-11-8-20-41-25-29)21-31(23-32)35-24-38(43-39(42-35)28-9-2-1-3-10-28)44-36-14-6-4-12-33(36)34-13-5-7-15-37(34)44/h1-25H. The third kappa shape index (κ3) is 4.77. The summed E-state index contributed by atoms with van der Waals surface area (Å²) in [6.07, 6.45) is 3.68. The number of hydrogen-bond acceptors (Lipinski definition) is 3. The summed E-state index contributed by atoms with van der Waals surface area (Å²) >= 11 is 3.79. The molecule has 0 N–H and O–H groups in total. The number of benzene rings is 5. The summed E-state index contributed by atoms with van der Waals surface area (Å²) in [4.78, 5) is 14.5. The Morgan fingerprint density at radius 1 is 0.477 bits per heavy atom. The predicted octanol–water partition coefficient (Wildman–Crippen LogP) is 10.4. The van der Waals surface area contributed by atoms with E-state index in [2.05, 4.69) is 141 Å². The van der Waals surface area contributed by atoms with E-state index in [0.717, 1.165) is 60.4 Å². The van der Waals surface area contributed by atoms with Gasteiger partial charge in [-0.15, -0.1) is 0 Å². The monoisotopic (exact) mass is 628 g/mol. The van der Waals surface area contributed by atoms with Crippen molar-refractivity contribution in [3.8, 4) is 50.7 Å². The molecule has 5 heteroatoms. The van der Waals surface area contributed by atoms with Crippen molar-refractivity contribution in [2.24, 2.45) is 0 Å². The van der Waals surface area contributed by atoms with E-state index >= 15 is 0 Å². The van der Waals surface area contributed by atoms with Gasteiger partial charge in [-0.3, -0.25) is 9.55 Å². The van der Waals surface area contributed by atoms with Crippen molar-refractivity contribution in [3.63, 3.8) is 0 Å². The van der Waals surface area contributed by atoms with Gasteiger partial charge in [0.2, 0.25) is 0 Å². The number of aromatic nitrogens is 4. The molecule has 3 aromatic heterocycles. The van der Waals surface area contributed by atoms with Crippen LogP contribution in [-0.4, -0.2) is 19.5 Å². The highest BCUT2D eigenvalue weighted by Gasteiger charge is 2.17. The average Bonchev–Trinajstić information content (AvgIpc) is 3.43. The Labute approximate surface area is 263 Å².